The number of hydrogen-bond acceptors (Lipinski definition) is 1. The maximum absolute atomic E-state index is 4.04. The van der Waals surface area contributed by atoms with Crippen LogP contribution in [0.3, 0.4) is 0 Å². The molecule has 1 aromatic carbocycles. The van der Waals surface area contributed by atoms with Gasteiger partial charge in [0.1, 0.15) is 0 Å². The normalized spacial score (nSPS) is 9.42. The van der Waals surface area contributed by atoms with Crippen LogP contribution < -0.4 is 0 Å². The molecule has 0 amide bonds. The van der Waals surface area contributed by atoms with Crippen molar-refractivity contribution >= 4 is 23.2 Å². The van der Waals surface area contributed by atoms with Crippen molar-refractivity contribution in [2.45, 2.75) is 6.92 Å². The van der Waals surface area contributed by atoms with Gasteiger partial charge in [-0.3, -0.25) is 4.98 Å². The fourth-order valence-corrected chi connectivity index (χ4v) is 1.20. The van der Waals surface area contributed by atoms with E-state index >= 15 is 0 Å². The Morgan fingerprint density at radius 3 is 2.75 bits per heavy atom. The molecule has 0 radical (unpaired) electrons. The van der Waals surface area contributed by atoms with Gasteiger partial charge in [0.2, 0.25) is 0 Å². The van der Waals surface area contributed by atoms with E-state index in [9.17, 15) is 0 Å². The smallest absolute Gasteiger partial charge is 0.0346 e. The number of fused-ring (bicyclic) bond motifs is 1. The van der Waals surface area contributed by atoms with Gasteiger partial charge in [-0.15, -0.1) is 12.4 Å². The van der Waals surface area contributed by atoms with E-state index in [-0.39, 0.29) is 12.4 Å². The molecule has 0 unspecified atom stereocenters. The predicted octanol–water partition coefficient (Wildman–Crippen LogP) is 2.97. The standard InChI is InChI=1S/C10H9N.ClH/c1-8-2-3-10-7-11-5-4-9(10)6-8;/h2-7H,1H3;1H. The quantitative estimate of drug-likeness (QED) is 0.606. The highest BCUT2D eigenvalue weighted by molar-refractivity contribution is 5.85. The lowest BCUT2D eigenvalue weighted by Gasteiger charge is -1.96. The van der Waals surface area contributed by atoms with E-state index in [2.05, 4.69) is 30.1 Å². The molecule has 2 heteroatoms. The number of pyridine rings is 1. The number of hydrogen-bond donors (Lipinski definition) is 0. The van der Waals surface area contributed by atoms with Gasteiger partial charge in [-0.25, -0.2) is 0 Å². The van der Waals surface area contributed by atoms with Crippen LogP contribution in [0.1, 0.15) is 5.56 Å². The molecule has 0 saturated carbocycles. The molecule has 2 aromatic rings. The molecule has 0 fully saturated rings. The first kappa shape index (κ1) is 9.01. The Morgan fingerprint density at radius 2 is 1.92 bits per heavy atom. The van der Waals surface area contributed by atoms with E-state index in [0.717, 1.165) is 0 Å². The fourth-order valence-electron chi connectivity index (χ4n) is 1.20. The van der Waals surface area contributed by atoms with Crippen LogP contribution in [0, 0.1) is 6.92 Å². The van der Waals surface area contributed by atoms with Gasteiger partial charge in [0, 0.05) is 17.8 Å². The maximum Gasteiger partial charge on any atom is 0.0346 e. The molecule has 1 nitrogen and oxygen atoms in total. The minimum absolute atomic E-state index is 0. The van der Waals surface area contributed by atoms with Crippen LogP contribution in [0.5, 0.6) is 0 Å². The van der Waals surface area contributed by atoms with Crippen LogP contribution in [-0.4, -0.2) is 4.98 Å². The van der Waals surface area contributed by atoms with Crippen LogP contribution in [-0.2, 0) is 0 Å². The Hall–Kier alpha value is -1.08. The molecule has 0 aliphatic rings. The molecule has 0 bridgehead atoms. The Balaban J connectivity index is 0.000000720. The third-order valence-corrected chi connectivity index (χ3v) is 1.80. The lowest BCUT2D eigenvalue weighted by molar-refractivity contribution is 1.36. The average molecular weight is 180 g/mol. The van der Waals surface area contributed by atoms with Crippen molar-refractivity contribution in [1.29, 1.82) is 0 Å². The highest BCUT2D eigenvalue weighted by Gasteiger charge is 1.90. The zero-order chi connectivity index (χ0) is 7.68. The number of rotatable bonds is 0. The number of nitrogens with zero attached hydrogens (tertiary/aromatic N) is 1. The molecule has 0 saturated heterocycles. The minimum Gasteiger partial charge on any atom is -0.264 e. The van der Waals surface area contributed by atoms with Crippen molar-refractivity contribution in [3.8, 4) is 0 Å². The van der Waals surface area contributed by atoms with Gasteiger partial charge >= 0.3 is 0 Å². The molecule has 2 rings (SSSR count). The predicted molar refractivity (Wildman–Crippen MR) is 53.7 cm³/mol. The Bertz CT molecular complexity index is 384. The van der Waals surface area contributed by atoms with Crippen LogP contribution in [0.25, 0.3) is 10.8 Å². The molecule has 1 heterocycles. The summed E-state index contributed by atoms with van der Waals surface area (Å²) in [5.41, 5.74) is 1.30. The highest BCUT2D eigenvalue weighted by atomic mass is 35.5. The molecular weight excluding hydrogens is 170 g/mol. The summed E-state index contributed by atoms with van der Waals surface area (Å²) in [4.78, 5) is 4.04. The van der Waals surface area contributed by atoms with E-state index in [0.29, 0.717) is 0 Å². The molecule has 0 aliphatic heterocycles. The van der Waals surface area contributed by atoms with E-state index in [1.54, 1.807) is 0 Å². The van der Waals surface area contributed by atoms with Gasteiger partial charge in [-0.2, -0.15) is 0 Å². The van der Waals surface area contributed by atoms with E-state index in [1.165, 1.54) is 16.3 Å². The van der Waals surface area contributed by atoms with Crippen molar-refractivity contribution in [2.75, 3.05) is 0 Å². The second-order valence-corrected chi connectivity index (χ2v) is 2.73. The second-order valence-electron chi connectivity index (χ2n) is 2.73. The Labute approximate surface area is 77.9 Å². The molecular formula is C10H10ClN. The van der Waals surface area contributed by atoms with E-state index in [1.807, 2.05) is 18.5 Å². The summed E-state index contributed by atoms with van der Waals surface area (Å²) >= 11 is 0. The van der Waals surface area contributed by atoms with Gasteiger partial charge in [-0.05, 0) is 18.4 Å². The molecule has 0 spiro atoms. The SMILES string of the molecule is Cc1ccc2cnccc2c1.Cl. The van der Waals surface area contributed by atoms with E-state index in [4.69, 9.17) is 0 Å². The first-order valence-corrected chi connectivity index (χ1v) is 3.67. The summed E-state index contributed by atoms with van der Waals surface area (Å²) in [7, 11) is 0. The molecule has 62 valence electrons. The van der Waals surface area contributed by atoms with Crippen molar-refractivity contribution in [3.05, 3.63) is 42.2 Å². The lowest BCUT2D eigenvalue weighted by atomic mass is 10.1. The first-order chi connectivity index (χ1) is 5.36. The Kier molecular flexibility index (Phi) is 2.66. The number of halogens is 1. The van der Waals surface area contributed by atoms with Crippen LogP contribution >= 0.6 is 12.4 Å². The summed E-state index contributed by atoms with van der Waals surface area (Å²) in [5.74, 6) is 0. The zero-order valence-corrected chi connectivity index (χ0v) is 7.64. The molecule has 0 N–H and O–H groups in total. The number of benzene rings is 1. The highest BCUT2D eigenvalue weighted by Crippen LogP contribution is 2.12. The van der Waals surface area contributed by atoms with Crippen LogP contribution in [0.15, 0.2) is 36.7 Å². The molecule has 0 atom stereocenters. The third-order valence-electron chi connectivity index (χ3n) is 1.80. The fraction of sp³-hybridized carbons (Fsp3) is 0.100. The molecule has 1 aromatic heterocycles. The van der Waals surface area contributed by atoms with Gasteiger partial charge in [0.15, 0.2) is 0 Å². The van der Waals surface area contributed by atoms with E-state index < -0.39 is 0 Å². The topological polar surface area (TPSA) is 12.9 Å². The van der Waals surface area contributed by atoms with Crippen LogP contribution in [0.4, 0.5) is 0 Å². The Morgan fingerprint density at radius 1 is 1.08 bits per heavy atom. The molecule has 12 heavy (non-hydrogen) atoms. The van der Waals surface area contributed by atoms with Gasteiger partial charge in [-0.1, -0.05) is 23.8 Å². The first-order valence-electron chi connectivity index (χ1n) is 3.67. The summed E-state index contributed by atoms with van der Waals surface area (Å²) in [6, 6.07) is 8.39. The largest absolute Gasteiger partial charge is 0.264 e. The van der Waals surface area contributed by atoms with Crippen LogP contribution in [0.2, 0.25) is 0 Å². The number of aryl methyl sites for hydroxylation is 1. The second kappa shape index (κ2) is 3.55. The summed E-state index contributed by atoms with van der Waals surface area (Å²) < 4.78 is 0. The lowest BCUT2D eigenvalue weighted by Crippen LogP contribution is -1.75. The summed E-state index contributed by atoms with van der Waals surface area (Å²) in [6.07, 6.45) is 3.70. The average Bonchev–Trinajstić information content (AvgIpc) is 2.04. The van der Waals surface area contributed by atoms with Gasteiger partial charge < -0.3 is 0 Å². The van der Waals surface area contributed by atoms with Crippen molar-refractivity contribution in [3.63, 3.8) is 0 Å². The minimum atomic E-state index is 0. The summed E-state index contributed by atoms with van der Waals surface area (Å²) in [6.45, 7) is 2.10. The summed E-state index contributed by atoms with van der Waals surface area (Å²) in [5, 5.41) is 2.47. The zero-order valence-electron chi connectivity index (χ0n) is 6.82. The monoisotopic (exact) mass is 179 g/mol. The van der Waals surface area contributed by atoms with Crippen molar-refractivity contribution < 1.29 is 0 Å². The van der Waals surface area contributed by atoms with Gasteiger partial charge in [0.25, 0.3) is 0 Å². The van der Waals surface area contributed by atoms with Crippen molar-refractivity contribution in [2.24, 2.45) is 0 Å². The van der Waals surface area contributed by atoms with Crippen molar-refractivity contribution in [1.82, 2.24) is 4.98 Å². The maximum atomic E-state index is 4.04. The third kappa shape index (κ3) is 1.56. The number of aromatic nitrogens is 1. The van der Waals surface area contributed by atoms with Gasteiger partial charge in [0.05, 0.1) is 0 Å². The molecule has 0 aliphatic carbocycles.